The summed E-state index contributed by atoms with van der Waals surface area (Å²) in [6, 6.07) is 9.87. The van der Waals surface area contributed by atoms with Gasteiger partial charge in [0.25, 0.3) is 5.91 Å². The number of likely N-dealkylation sites (tertiary alicyclic amines) is 1. The van der Waals surface area contributed by atoms with Gasteiger partial charge in [-0.05, 0) is 83.5 Å². The number of amides is 2. The van der Waals surface area contributed by atoms with E-state index >= 15 is 0 Å². The molecule has 1 saturated heterocycles. The van der Waals surface area contributed by atoms with Gasteiger partial charge in [0.1, 0.15) is 23.1 Å². The second kappa shape index (κ2) is 15.2. The maximum atomic E-state index is 13.6. The molecule has 0 saturated carbocycles. The number of nitrogens with one attached hydrogen (secondary N) is 1. The van der Waals surface area contributed by atoms with Crippen LogP contribution in [-0.4, -0.2) is 77.2 Å². The highest BCUT2D eigenvalue weighted by molar-refractivity contribution is 7.12. The molecule has 0 bridgehead atoms. The van der Waals surface area contributed by atoms with Gasteiger partial charge in [0.15, 0.2) is 5.82 Å². The Hall–Kier alpha value is -4.19. The number of carbonyl (C=O) groups excluding carboxylic acids is 3. The summed E-state index contributed by atoms with van der Waals surface area (Å²) in [4.78, 5) is 54.9. The number of aromatic nitrogens is 2. The van der Waals surface area contributed by atoms with Crippen molar-refractivity contribution < 1.29 is 23.9 Å². The summed E-state index contributed by atoms with van der Waals surface area (Å²) in [6.45, 7) is 14.5. The largest absolute Gasteiger partial charge is 0.458 e. The maximum absolute atomic E-state index is 13.6. The van der Waals surface area contributed by atoms with Crippen LogP contribution in [0, 0.1) is 0 Å². The van der Waals surface area contributed by atoms with Gasteiger partial charge in [0, 0.05) is 39.1 Å². The molecule has 0 aliphatic carbocycles. The molecule has 1 unspecified atom stereocenters. The zero-order valence-electron chi connectivity index (χ0n) is 27.0. The lowest BCUT2D eigenvalue weighted by Crippen LogP contribution is -2.39. The van der Waals surface area contributed by atoms with Gasteiger partial charge in [-0.2, -0.15) is 4.98 Å². The number of anilines is 3. The summed E-state index contributed by atoms with van der Waals surface area (Å²) in [5.41, 5.74) is 0.557. The number of carbonyl (C=O) groups is 3. The normalized spacial score (nSPS) is 13.7. The van der Waals surface area contributed by atoms with Crippen molar-refractivity contribution in [2.75, 3.05) is 47.8 Å². The predicted molar refractivity (Wildman–Crippen MR) is 177 cm³/mol. The number of hydrogen-bond acceptors (Lipinski definition) is 10. The number of esters is 1. The number of rotatable bonds is 12. The Kier molecular flexibility index (Phi) is 11.4. The van der Waals surface area contributed by atoms with E-state index in [1.54, 1.807) is 34.2 Å². The van der Waals surface area contributed by atoms with Crippen LogP contribution < -0.4 is 19.9 Å². The maximum Gasteiger partial charge on any atom is 0.415 e. The Labute approximate surface area is 269 Å². The first-order valence-corrected chi connectivity index (χ1v) is 16.4. The lowest BCUT2D eigenvalue weighted by Gasteiger charge is -2.28. The third-order valence-corrected chi connectivity index (χ3v) is 8.18. The second-order valence-corrected chi connectivity index (χ2v) is 12.7. The Morgan fingerprint density at radius 3 is 2.29 bits per heavy atom. The minimum atomic E-state index is -0.851. The molecule has 11 nitrogen and oxygen atoms in total. The van der Waals surface area contributed by atoms with Gasteiger partial charge in [-0.3, -0.25) is 4.79 Å². The monoisotopic (exact) mass is 636 g/mol. The zero-order chi connectivity index (χ0) is 32.6. The number of hydrogen-bond donors (Lipinski definition) is 1. The Morgan fingerprint density at radius 2 is 1.71 bits per heavy atom. The molecule has 3 aromatic rings. The molecule has 45 heavy (non-hydrogen) atoms. The first kappa shape index (κ1) is 33.7. The van der Waals surface area contributed by atoms with Crippen LogP contribution >= 0.6 is 11.3 Å². The zero-order valence-corrected chi connectivity index (χ0v) is 27.9. The van der Waals surface area contributed by atoms with Crippen LogP contribution in [0.1, 0.15) is 69.6 Å². The topological polar surface area (TPSA) is 117 Å². The summed E-state index contributed by atoms with van der Waals surface area (Å²) in [5, 5.41) is 5.18. The summed E-state index contributed by atoms with van der Waals surface area (Å²) < 4.78 is 11.4. The predicted octanol–water partition coefficient (Wildman–Crippen LogP) is 6.01. The Bertz CT molecular complexity index is 1430. The van der Waals surface area contributed by atoms with Crippen molar-refractivity contribution in [3.05, 3.63) is 58.4 Å². The molecule has 3 heterocycles. The molecular weight excluding hydrogens is 592 g/mol. The highest BCUT2D eigenvalue weighted by atomic mass is 32.1. The van der Waals surface area contributed by atoms with Crippen LogP contribution in [0.4, 0.5) is 22.2 Å². The van der Waals surface area contributed by atoms with Gasteiger partial charge < -0.3 is 29.5 Å². The number of thiophene rings is 1. The van der Waals surface area contributed by atoms with Crippen molar-refractivity contribution in [3.8, 4) is 5.75 Å². The van der Waals surface area contributed by atoms with Gasteiger partial charge in [-0.1, -0.05) is 18.2 Å². The minimum absolute atomic E-state index is 0.178. The van der Waals surface area contributed by atoms with Crippen molar-refractivity contribution >= 4 is 46.8 Å². The molecule has 1 aromatic carbocycles. The fourth-order valence-electron chi connectivity index (χ4n) is 5.01. The van der Waals surface area contributed by atoms with Gasteiger partial charge >= 0.3 is 12.1 Å². The van der Waals surface area contributed by atoms with E-state index in [4.69, 9.17) is 14.5 Å². The van der Waals surface area contributed by atoms with Gasteiger partial charge in [-0.15, -0.1) is 11.3 Å². The number of benzene rings is 1. The average molecular weight is 637 g/mol. The summed E-state index contributed by atoms with van der Waals surface area (Å²) in [6.07, 6.45) is 3.50. The quantitative estimate of drug-likeness (QED) is 0.239. The SMILES string of the molecule is CCN(CC)c1ncc(N(CC)C(=O)c2cccs2)c(NC(Cc2ccc(OC(=O)N3CCCC3)cc2)C(=O)OC(C)(C)C)n1. The van der Waals surface area contributed by atoms with Crippen LogP contribution in [0.25, 0.3) is 0 Å². The Morgan fingerprint density at radius 1 is 1.02 bits per heavy atom. The molecule has 4 rings (SSSR count). The summed E-state index contributed by atoms with van der Waals surface area (Å²) in [7, 11) is 0. The first-order valence-electron chi connectivity index (χ1n) is 15.5. The van der Waals surface area contributed by atoms with Crippen LogP contribution in [0.15, 0.2) is 48.0 Å². The smallest absolute Gasteiger partial charge is 0.415 e. The molecule has 1 atom stereocenters. The van der Waals surface area contributed by atoms with E-state index in [1.165, 1.54) is 11.3 Å². The van der Waals surface area contributed by atoms with E-state index in [0.29, 0.717) is 60.8 Å². The van der Waals surface area contributed by atoms with E-state index in [2.05, 4.69) is 10.3 Å². The molecule has 2 aromatic heterocycles. The van der Waals surface area contributed by atoms with Gasteiger partial charge in [0.05, 0.1) is 11.1 Å². The highest BCUT2D eigenvalue weighted by Crippen LogP contribution is 2.29. The van der Waals surface area contributed by atoms with Crippen LogP contribution in [0.2, 0.25) is 0 Å². The third-order valence-electron chi connectivity index (χ3n) is 7.32. The number of ether oxygens (including phenoxy) is 2. The molecule has 0 spiro atoms. The summed E-state index contributed by atoms with van der Waals surface area (Å²) in [5.74, 6) is 0.630. The van der Waals surface area contributed by atoms with E-state index in [1.807, 2.05) is 70.0 Å². The second-order valence-electron chi connectivity index (χ2n) is 11.7. The minimum Gasteiger partial charge on any atom is -0.458 e. The molecule has 0 radical (unpaired) electrons. The molecule has 1 aliphatic rings. The molecule has 242 valence electrons. The average Bonchev–Trinajstić information content (AvgIpc) is 3.74. The van der Waals surface area contributed by atoms with E-state index < -0.39 is 17.6 Å². The van der Waals surface area contributed by atoms with Crippen LogP contribution in [0.5, 0.6) is 5.75 Å². The fourth-order valence-corrected chi connectivity index (χ4v) is 5.68. The van der Waals surface area contributed by atoms with Crippen LogP contribution in [0.3, 0.4) is 0 Å². The molecule has 12 heteroatoms. The lowest BCUT2D eigenvalue weighted by atomic mass is 10.0. The van der Waals surface area contributed by atoms with Gasteiger partial charge in [0.2, 0.25) is 5.95 Å². The van der Waals surface area contributed by atoms with Crippen molar-refractivity contribution in [1.29, 1.82) is 0 Å². The van der Waals surface area contributed by atoms with E-state index in [0.717, 1.165) is 18.4 Å². The lowest BCUT2D eigenvalue weighted by molar-refractivity contribution is -0.155. The molecule has 1 N–H and O–H groups in total. The van der Waals surface area contributed by atoms with Crippen molar-refractivity contribution in [2.24, 2.45) is 0 Å². The molecule has 2 amide bonds. The molecular formula is C33H44N6O5S. The molecule has 1 aliphatic heterocycles. The summed E-state index contributed by atoms with van der Waals surface area (Å²) >= 11 is 1.36. The third kappa shape index (κ3) is 8.93. The first-order chi connectivity index (χ1) is 21.5. The number of nitrogens with zero attached hydrogens (tertiary/aromatic N) is 5. The standard InChI is InChI=1S/C33H44N6O5S/c1-7-37(8-2)31-34-22-26(39(9-3)29(40)27-13-12-20-45-27)28(36-31)35-25(30(41)44-33(4,5)6)21-23-14-16-24(17-15-23)43-32(42)38-18-10-11-19-38/h12-17,20,22,25H,7-11,18-19,21H2,1-6H3,(H,34,35,36). The van der Waals surface area contributed by atoms with Crippen molar-refractivity contribution in [1.82, 2.24) is 14.9 Å². The highest BCUT2D eigenvalue weighted by Gasteiger charge is 2.30. The van der Waals surface area contributed by atoms with E-state index in [9.17, 15) is 14.4 Å². The fraction of sp³-hybridized carbons (Fsp3) is 0.485. The van der Waals surface area contributed by atoms with Crippen molar-refractivity contribution in [3.63, 3.8) is 0 Å². The van der Waals surface area contributed by atoms with E-state index in [-0.39, 0.29) is 18.4 Å². The van der Waals surface area contributed by atoms with Gasteiger partial charge in [-0.25, -0.2) is 14.6 Å². The van der Waals surface area contributed by atoms with Crippen LogP contribution in [-0.2, 0) is 16.0 Å². The molecule has 1 fully saturated rings. The van der Waals surface area contributed by atoms with Crippen molar-refractivity contribution in [2.45, 2.75) is 72.4 Å². The Balaban J connectivity index is 1.66.